The summed E-state index contributed by atoms with van der Waals surface area (Å²) in [7, 11) is 0. The van der Waals surface area contributed by atoms with Crippen molar-refractivity contribution in [2.75, 3.05) is 24.5 Å². The maximum absolute atomic E-state index is 5.92. The van der Waals surface area contributed by atoms with Gasteiger partial charge in [-0.2, -0.15) is 0 Å². The maximum atomic E-state index is 5.92. The van der Waals surface area contributed by atoms with E-state index in [1.54, 1.807) is 12.4 Å². The Morgan fingerprint density at radius 2 is 2.39 bits per heavy atom. The number of nitrogens with zero attached hydrogens (tertiary/aromatic N) is 3. The third-order valence-corrected chi connectivity index (χ3v) is 3.48. The molecule has 0 bridgehead atoms. The molecule has 0 aliphatic carbocycles. The molecule has 1 fully saturated rings. The molecule has 1 unspecified atom stereocenters. The van der Waals surface area contributed by atoms with Gasteiger partial charge in [0.1, 0.15) is 11.0 Å². The van der Waals surface area contributed by atoms with E-state index in [4.69, 9.17) is 11.6 Å². The van der Waals surface area contributed by atoms with E-state index in [1.807, 2.05) is 0 Å². The molecular formula is C13H21ClN4. The number of halogens is 1. The first kappa shape index (κ1) is 13.6. The van der Waals surface area contributed by atoms with Gasteiger partial charge < -0.3 is 10.2 Å². The molecule has 2 heterocycles. The lowest BCUT2D eigenvalue weighted by Gasteiger charge is -2.26. The summed E-state index contributed by atoms with van der Waals surface area (Å²) in [5.74, 6) is 0.893. The number of rotatable bonds is 6. The lowest BCUT2D eigenvalue weighted by molar-refractivity contribution is 0.568. The lowest BCUT2D eigenvalue weighted by Crippen LogP contribution is -2.38. The van der Waals surface area contributed by atoms with Crippen LogP contribution in [0.3, 0.4) is 0 Å². The normalized spacial score (nSPS) is 19.1. The third-order valence-electron chi connectivity index (χ3n) is 3.30. The summed E-state index contributed by atoms with van der Waals surface area (Å²) >= 11 is 5.92. The van der Waals surface area contributed by atoms with Crippen LogP contribution < -0.4 is 10.2 Å². The van der Waals surface area contributed by atoms with Crippen LogP contribution in [0.4, 0.5) is 5.82 Å². The average molecular weight is 269 g/mol. The minimum absolute atomic E-state index is 0.466. The van der Waals surface area contributed by atoms with E-state index in [0.29, 0.717) is 11.2 Å². The van der Waals surface area contributed by atoms with Gasteiger partial charge in [-0.25, -0.2) is 4.98 Å². The van der Waals surface area contributed by atoms with Crippen LogP contribution >= 0.6 is 11.6 Å². The number of aromatic nitrogens is 2. The van der Waals surface area contributed by atoms with Crippen LogP contribution in [-0.2, 0) is 0 Å². The van der Waals surface area contributed by atoms with Gasteiger partial charge in [0, 0.05) is 19.1 Å². The second-order valence-corrected chi connectivity index (χ2v) is 5.18. The van der Waals surface area contributed by atoms with Crippen molar-refractivity contribution in [2.45, 2.75) is 38.6 Å². The summed E-state index contributed by atoms with van der Waals surface area (Å²) in [6.07, 6.45) is 8.25. The molecule has 1 saturated heterocycles. The van der Waals surface area contributed by atoms with Crippen LogP contribution in [0.5, 0.6) is 0 Å². The van der Waals surface area contributed by atoms with Crippen molar-refractivity contribution in [2.24, 2.45) is 0 Å². The number of hydrogen-bond donors (Lipinski definition) is 1. The van der Waals surface area contributed by atoms with Crippen LogP contribution in [0.25, 0.3) is 0 Å². The van der Waals surface area contributed by atoms with Crippen molar-refractivity contribution in [1.29, 1.82) is 0 Å². The van der Waals surface area contributed by atoms with Crippen molar-refractivity contribution < 1.29 is 0 Å². The first-order valence-corrected chi connectivity index (χ1v) is 7.13. The fraction of sp³-hybridized carbons (Fsp3) is 0.692. The second kappa shape index (κ2) is 6.90. The van der Waals surface area contributed by atoms with Gasteiger partial charge in [0.15, 0.2) is 0 Å². The molecular weight excluding hydrogens is 248 g/mol. The molecule has 0 aromatic carbocycles. The fourth-order valence-corrected chi connectivity index (χ4v) is 2.45. The molecule has 0 spiro atoms. The SMILES string of the molecule is CCCCN(CC1CCCN1)c1cncc(Cl)n1. The summed E-state index contributed by atoms with van der Waals surface area (Å²) in [6.45, 7) is 5.35. The van der Waals surface area contributed by atoms with Gasteiger partial charge in [0.25, 0.3) is 0 Å². The molecule has 100 valence electrons. The highest BCUT2D eigenvalue weighted by Crippen LogP contribution is 2.16. The minimum atomic E-state index is 0.466. The van der Waals surface area contributed by atoms with Gasteiger partial charge in [-0.1, -0.05) is 24.9 Å². The standard InChI is InChI=1S/C13H21ClN4/c1-2-3-7-18(10-11-5-4-6-16-11)13-9-15-8-12(14)17-13/h8-9,11,16H,2-7,10H2,1H3. The minimum Gasteiger partial charge on any atom is -0.354 e. The first-order chi connectivity index (χ1) is 8.79. The zero-order chi connectivity index (χ0) is 12.8. The molecule has 0 amide bonds. The summed E-state index contributed by atoms with van der Waals surface area (Å²) in [5.41, 5.74) is 0. The zero-order valence-corrected chi connectivity index (χ0v) is 11.7. The Labute approximate surface area is 114 Å². The van der Waals surface area contributed by atoms with Crippen molar-refractivity contribution in [3.05, 3.63) is 17.5 Å². The second-order valence-electron chi connectivity index (χ2n) is 4.79. The van der Waals surface area contributed by atoms with E-state index in [-0.39, 0.29) is 0 Å². The number of nitrogens with one attached hydrogen (secondary N) is 1. The zero-order valence-electron chi connectivity index (χ0n) is 10.9. The van der Waals surface area contributed by atoms with Gasteiger partial charge in [-0.15, -0.1) is 0 Å². The molecule has 0 saturated carbocycles. The Kier molecular flexibility index (Phi) is 5.20. The Morgan fingerprint density at radius 3 is 3.06 bits per heavy atom. The average Bonchev–Trinajstić information content (AvgIpc) is 2.87. The molecule has 1 N–H and O–H groups in total. The Morgan fingerprint density at radius 1 is 1.50 bits per heavy atom. The molecule has 1 aromatic heterocycles. The van der Waals surface area contributed by atoms with E-state index in [1.165, 1.54) is 25.7 Å². The van der Waals surface area contributed by atoms with Gasteiger partial charge in [0.05, 0.1) is 12.4 Å². The molecule has 1 atom stereocenters. The van der Waals surface area contributed by atoms with E-state index in [2.05, 4.69) is 27.1 Å². The van der Waals surface area contributed by atoms with E-state index >= 15 is 0 Å². The van der Waals surface area contributed by atoms with Gasteiger partial charge in [0.2, 0.25) is 0 Å². The van der Waals surface area contributed by atoms with Crippen molar-refractivity contribution in [1.82, 2.24) is 15.3 Å². The topological polar surface area (TPSA) is 41.0 Å². The van der Waals surface area contributed by atoms with E-state index < -0.39 is 0 Å². The molecule has 5 heteroatoms. The van der Waals surface area contributed by atoms with Crippen molar-refractivity contribution in [3.8, 4) is 0 Å². The lowest BCUT2D eigenvalue weighted by atomic mass is 10.2. The predicted molar refractivity (Wildman–Crippen MR) is 75.2 cm³/mol. The Balaban J connectivity index is 2.03. The number of anilines is 1. The Bertz CT molecular complexity index is 366. The quantitative estimate of drug-likeness (QED) is 0.861. The predicted octanol–water partition coefficient (Wildman–Crippen LogP) is 2.49. The summed E-state index contributed by atoms with van der Waals surface area (Å²) in [4.78, 5) is 10.8. The van der Waals surface area contributed by atoms with Crippen LogP contribution in [0, 0.1) is 0 Å². The highest BCUT2D eigenvalue weighted by molar-refractivity contribution is 6.29. The van der Waals surface area contributed by atoms with E-state index in [9.17, 15) is 0 Å². The van der Waals surface area contributed by atoms with E-state index in [0.717, 1.165) is 25.5 Å². The smallest absolute Gasteiger partial charge is 0.149 e. The monoisotopic (exact) mass is 268 g/mol. The fourth-order valence-electron chi connectivity index (χ4n) is 2.31. The number of hydrogen-bond acceptors (Lipinski definition) is 4. The molecule has 1 aliphatic rings. The molecule has 18 heavy (non-hydrogen) atoms. The van der Waals surface area contributed by atoms with Crippen LogP contribution in [0.2, 0.25) is 5.15 Å². The third kappa shape index (κ3) is 3.82. The highest BCUT2D eigenvalue weighted by atomic mass is 35.5. The van der Waals surface area contributed by atoms with Crippen molar-refractivity contribution >= 4 is 17.4 Å². The number of unbranched alkanes of at least 4 members (excludes halogenated alkanes) is 1. The van der Waals surface area contributed by atoms with Gasteiger partial charge >= 0.3 is 0 Å². The van der Waals surface area contributed by atoms with Gasteiger partial charge in [-0.3, -0.25) is 4.98 Å². The molecule has 2 rings (SSSR count). The molecule has 1 aromatic rings. The van der Waals surface area contributed by atoms with Crippen LogP contribution in [-0.4, -0.2) is 35.6 Å². The maximum Gasteiger partial charge on any atom is 0.149 e. The van der Waals surface area contributed by atoms with Crippen molar-refractivity contribution in [3.63, 3.8) is 0 Å². The largest absolute Gasteiger partial charge is 0.354 e. The summed E-state index contributed by atoms with van der Waals surface area (Å²) in [5, 5.41) is 3.99. The van der Waals surface area contributed by atoms with Gasteiger partial charge in [-0.05, 0) is 25.8 Å². The van der Waals surface area contributed by atoms with Crippen LogP contribution in [0.15, 0.2) is 12.4 Å². The first-order valence-electron chi connectivity index (χ1n) is 6.75. The molecule has 4 nitrogen and oxygen atoms in total. The Hall–Kier alpha value is -0.870. The highest BCUT2D eigenvalue weighted by Gasteiger charge is 2.18. The summed E-state index contributed by atoms with van der Waals surface area (Å²) < 4.78 is 0. The van der Waals surface area contributed by atoms with Crippen LogP contribution in [0.1, 0.15) is 32.6 Å². The molecule has 0 radical (unpaired) electrons. The summed E-state index contributed by atoms with van der Waals surface area (Å²) in [6, 6.07) is 0.572. The molecule has 1 aliphatic heterocycles.